The molecule has 6 heteroatoms. The maximum Gasteiger partial charge on any atom is 0.353 e. The molecular formula is C20H16N2O3S. The molecule has 0 radical (unpaired) electrons. The summed E-state index contributed by atoms with van der Waals surface area (Å²) in [7, 11) is 1.59. The van der Waals surface area contributed by atoms with Gasteiger partial charge in [0.1, 0.15) is 21.2 Å². The quantitative estimate of drug-likeness (QED) is 0.392. The third-order valence-corrected chi connectivity index (χ3v) is 5.11. The van der Waals surface area contributed by atoms with Crippen molar-refractivity contribution in [1.82, 2.24) is 9.78 Å². The Hall–Kier alpha value is -3.12. The minimum atomic E-state index is -0.379. The molecule has 0 aliphatic rings. The SMILES string of the molecule is COc1ccc(OC(=O)c2cc3c(C)nn(-c4ccccc4)c3s2)cc1. The molecule has 4 rings (SSSR count). The molecule has 0 saturated carbocycles. The Labute approximate surface area is 154 Å². The van der Waals surface area contributed by atoms with E-state index in [0.29, 0.717) is 16.4 Å². The van der Waals surface area contributed by atoms with Crippen LogP contribution in [-0.4, -0.2) is 22.9 Å². The molecule has 26 heavy (non-hydrogen) atoms. The van der Waals surface area contributed by atoms with Crippen LogP contribution in [0.5, 0.6) is 11.5 Å². The molecular weight excluding hydrogens is 348 g/mol. The van der Waals surface area contributed by atoms with Gasteiger partial charge in [-0.05, 0) is 49.4 Å². The lowest BCUT2D eigenvalue weighted by molar-refractivity contribution is 0.0740. The normalized spacial score (nSPS) is 10.8. The summed E-state index contributed by atoms with van der Waals surface area (Å²) < 4.78 is 12.4. The number of aromatic nitrogens is 2. The highest BCUT2D eigenvalue weighted by molar-refractivity contribution is 7.20. The number of nitrogens with zero attached hydrogens (tertiary/aromatic N) is 2. The molecule has 0 unspecified atom stereocenters. The van der Waals surface area contributed by atoms with Gasteiger partial charge in [0.2, 0.25) is 0 Å². The summed E-state index contributed by atoms with van der Waals surface area (Å²) in [6, 6.07) is 18.6. The number of thiophene rings is 1. The van der Waals surface area contributed by atoms with Crippen molar-refractivity contribution in [3.05, 3.63) is 71.2 Å². The molecule has 2 heterocycles. The maximum absolute atomic E-state index is 12.5. The van der Waals surface area contributed by atoms with Gasteiger partial charge in [-0.25, -0.2) is 9.48 Å². The smallest absolute Gasteiger partial charge is 0.353 e. The largest absolute Gasteiger partial charge is 0.497 e. The van der Waals surface area contributed by atoms with Crippen LogP contribution in [0.4, 0.5) is 0 Å². The van der Waals surface area contributed by atoms with E-state index < -0.39 is 0 Å². The molecule has 130 valence electrons. The number of carbonyl (C=O) groups is 1. The van der Waals surface area contributed by atoms with Crippen LogP contribution in [0.2, 0.25) is 0 Å². The maximum atomic E-state index is 12.5. The number of rotatable bonds is 4. The van der Waals surface area contributed by atoms with Crippen LogP contribution in [-0.2, 0) is 0 Å². The summed E-state index contributed by atoms with van der Waals surface area (Å²) in [6.45, 7) is 1.94. The van der Waals surface area contributed by atoms with E-state index in [-0.39, 0.29) is 5.97 Å². The average Bonchev–Trinajstić information content (AvgIpc) is 3.24. The Bertz CT molecular complexity index is 1070. The van der Waals surface area contributed by atoms with Crippen LogP contribution >= 0.6 is 11.3 Å². The number of methoxy groups -OCH3 is 1. The lowest BCUT2D eigenvalue weighted by atomic mass is 10.3. The van der Waals surface area contributed by atoms with Crippen molar-refractivity contribution < 1.29 is 14.3 Å². The van der Waals surface area contributed by atoms with Gasteiger partial charge in [-0.15, -0.1) is 11.3 Å². The molecule has 0 saturated heterocycles. The van der Waals surface area contributed by atoms with Gasteiger partial charge < -0.3 is 9.47 Å². The number of hydrogen-bond acceptors (Lipinski definition) is 5. The van der Waals surface area contributed by atoms with E-state index in [9.17, 15) is 4.79 Å². The molecule has 0 aliphatic carbocycles. The Morgan fingerprint density at radius 1 is 1.04 bits per heavy atom. The summed E-state index contributed by atoms with van der Waals surface area (Å²) in [6.07, 6.45) is 0. The number of carbonyl (C=O) groups excluding carboxylic acids is 1. The summed E-state index contributed by atoms with van der Waals surface area (Å²) >= 11 is 1.38. The number of para-hydroxylation sites is 1. The first-order chi connectivity index (χ1) is 12.7. The Morgan fingerprint density at radius 2 is 1.73 bits per heavy atom. The van der Waals surface area contributed by atoms with Crippen LogP contribution in [0.3, 0.4) is 0 Å². The van der Waals surface area contributed by atoms with Gasteiger partial charge in [0.15, 0.2) is 0 Å². The predicted octanol–water partition coefficient (Wildman–Crippen LogP) is 4.62. The van der Waals surface area contributed by atoms with Gasteiger partial charge in [0.05, 0.1) is 18.5 Å². The third-order valence-electron chi connectivity index (χ3n) is 4.02. The lowest BCUT2D eigenvalue weighted by Gasteiger charge is -2.04. The number of esters is 1. The highest BCUT2D eigenvalue weighted by Crippen LogP contribution is 2.31. The zero-order valence-electron chi connectivity index (χ0n) is 14.3. The molecule has 0 atom stereocenters. The topological polar surface area (TPSA) is 53.4 Å². The minimum absolute atomic E-state index is 0.379. The van der Waals surface area contributed by atoms with Crippen LogP contribution in [0.1, 0.15) is 15.4 Å². The van der Waals surface area contributed by atoms with Crippen molar-refractivity contribution in [1.29, 1.82) is 0 Å². The molecule has 0 amide bonds. The van der Waals surface area contributed by atoms with Gasteiger partial charge in [0.25, 0.3) is 0 Å². The van der Waals surface area contributed by atoms with Crippen molar-refractivity contribution >= 4 is 27.5 Å². The van der Waals surface area contributed by atoms with E-state index >= 15 is 0 Å². The van der Waals surface area contributed by atoms with Gasteiger partial charge in [0, 0.05) is 5.39 Å². The predicted molar refractivity (Wildman–Crippen MR) is 102 cm³/mol. The minimum Gasteiger partial charge on any atom is -0.497 e. The molecule has 4 aromatic rings. The molecule has 0 fully saturated rings. The Kier molecular flexibility index (Phi) is 4.18. The number of ether oxygens (including phenoxy) is 2. The molecule has 0 spiro atoms. The van der Waals surface area contributed by atoms with Crippen molar-refractivity contribution in [2.75, 3.05) is 7.11 Å². The van der Waals surface area contributed by atoms with E-state index in [1.54, 1.807) is 31.4 Å². The number of fused-ring (bicyclic) bond motifs is 1. The summed E-state index contributed by atoms with van der Waals surface area (Å²) in [5.74, 6) is 0.815. The standard InChI is InChI=1S/C20H16N2O3S/c1-13-17-12-18(20(23)25-16-10-8-15(24-2)9-11-16)26-19(17)22(21-13)14-6-4-3-5-7-14/h3-12H,1-2H3. The highest BCUT2D eigenvalue weighted by atomic mass is 32.1. The van der Waals surface area contributed by atoms with Crippen molar-refractivity contribution in [3.8, 4) is 17.2 Å². The summed E-state index contributed by atoms with van der Waals surface area (Å²) in [5, 5.41) is 5.54. The average molecular weight is 364 g/mol. The fraction of sp³-hybridized carbons (Fsp3) is 0.100. The van der Waals surface area contributed by atoms with Gasteiger partial charge in [-0.1, -0.05) is 18.2 Å². The molecule has 2 aromatic carbocycles. The fourth-order valence-electron chi connectivity index (χ4n) is 2.69. The van der Waals surface area contributed by atoms with Crippen LogP contribution in [0.25, 0.3) is 15.9 Å². The van der Waals surface area contributed by atoms with Crippen LogP contribution < -0.4 is 9.47 Å². The second-order valence-electron chi connectivity index (χ2n) is 5.73. The number of aryl methyl sites for hydroxylation is 1. The zero-order chi connectivity index (χ0) is 18.1. The monoisotopic (exact) mass is 364 g/mol. The van der Waals surface area contributed by atoms with Crippen molar-refractivity contribution in [3.63, 3.8) is 0 Å². The van der Waals surface area contributed by atoms with Crippen molar-refractivity contribution in [2.24, 2.45) is 0 Å². The van der Waals surface area contributed by atoms with Crippen molar-refractivity contribution in [2.45, 2.75) is 6.92 Å². The van der Waals surface area contributed by atoms with E-state index in [0.717, 1.165) is 21.6 Å². The second kappa shape index (κ2) is 6.65. The third kappa shape index (κ3) is 2.95. The first kappa shape index (κ1) is 16.4. The molecule has 2 aromatic heterocycles. The number of benzene rings is 2. The first-order valence-electron chi connectivity index (χ1n) is 8.06. The lowest BCUT2D eigenvalue weighted by Crippen LogP contribution is -2.06. The Balaban J connectivity index is 1.65. The summed E-state index contributed by atoms with van der Waals surface area (Å²) in [5.41, 5.74) is 1.84. The Morgan fingerprint density at radius 3 is 2.42 bits per heavy atom. The molecule has 0 aliphatic heterocycles. The van der Waals surface area contributed by atoms with Gasteiger partial charge in [-0.3, -0.25) is 0 Å². The van der Waals surface area contributed by atoms with Crippen LogP contribution in [0, 0.1) is 6.92 Å². The zero-order valence-corrected chi connectivity index (χ0v) is 15.1. The van der Waals surface area contributed by atoms with E-state index in [2.05, 4.69) is 5.10 Å². The highest BCUT2D eigenvalue weighted by Gasteiger charge is 2.18. The van der Waals surface area contributed by atoms with E-state index in [1.807, 2.05) is 48.0 Å². The molecule has 0 N–H and O–H groups in total. The van der Waals surface area contributed by atoms with E-state index in [4.69, 9.17) is 9.47 Å². The van der Waals surface area contributed by atoms with Gasteiger partial charge in [-0.2, -0.15) is 5.10 Å². The van der Waals surface area contributed by atoms with Crippen LogP contribution in [0.15, 0.2) is 60.7 Å². The van der Waals surface area contributed by atoms with E-state index in [1.165, 1.54) is 11.3 Å². The first-order valence-corrected chi connectivity index (χ1v) is 8.88. The molecule has 0 bridgehead atoms. The second-order valence-corrected chi connectivity index (χ2v) is 6.76. The summed E-state index contributed by atoms with van der Waals surface area (Å²) in [4.78, 5) is 14.0. The number of hydrogen-bond donors (Lipinski definition) is 0. The molecule has 5 nitrogen and oxygen atoms in total. The fourth-order valence-corrected chi connectivity index (χ4v) is 3.75. The van der Waals surface area contributed by atoms with Gasteiger partial charge >= 0.3 is 5.97 Å².